The molecule has 0 amide bonds. The van der Waals surface area contributed by atoms with Gasteiger partial charge in [-0.2, -0.15) is 0 Å². The molecule has 0 saturated carbocycles. The van der Waals surface area contributed by atoms with Gasteiger partial charge in [-0.15, -0.1) is 0 Å². The number of unbranched alkanes of at least 4 members (excludes halogenated alkanes) is 1. The number of benzene rings is 1. The van der Waals surface area contributed by atoms with Crippen molar-refractivity contribution in [1.29, 1.82) is 0 Å². The third kappa shape index (κ3) is 3.35. The highest BCUT2D eigenvalue weighted by atomic mass is 16.5. The van der Waals surface area contributed by atoms with Crippen molar-refractivity contribution in [3.63, 3.8) is 0 Å². The second kappa shape index (κ2) is 7.53. The van der Waals surface area contributed by atoms with Gasteiger partial charge in [-0.25, -0.2) is 4.98 Å². The third-order valence-electron chi connectivity index (χ3n) is 4.01. The predicted octanol–water partition coefficient (Wildman–Crippen LogP) is 2.94. The average molecular weight is 313 g/mol. The molecule has 5 heteroatoms. The number of aryl methyl sites for hydroxylation is 1. The Morgan fingerprint density at radius 2 is 2.04 bits per heavy atom. The fraction of sp³-hybridized carbons (Fsp3) is 0.444. The number of imidazole rings is 1. The molecule has 0 radical (unpaired) electrons. The van der Waals surface area contributed by atoms with Crippen LogP contribution in [0.25, 0.3) is 21.9 Å². The highest BCUT2D eigenvalue weighted by Crippen LogP contribution is 2.25. The first-order valence-corrected chi connectivity index (χ1v) is 8.26. The summed E-state index contributed by atoms with van der Waals surface area (Å²) in [5, 5.41) is 9.98. The lowest BCUT2D eigenvalue weighted by atomic mass is 10.2. The normalized spacial score (nSPS) is 11.6. The second-order valence-corrected chi connectivity index (χ2v) is 5.63. The summed E-state index contributed by atoms with van der Waals surface area (Å²) in [5.41, 5.74) is 3.06. The Labute approximate surface area is 135 Å². The van der Waals surface area contributed by atoms with E-state index in [1.54, 1.807) is 0 Å². The zero-order valence-electron chi connectivity index (χ0n) is 13.5. The van der Waals surface area contributed by atoms with Crippen molar-refractivity contribution < 1.29 is 9.84 Å². The van der Waals surface area contributed by atoms with Gasteiger partial charge in [0.1, 0.15) is 11.3 Å². The van der Waals surface area contributed by atoms with Crippen LogP contribution in [0.3, 0.4) is 0 Å². The lowest BCUT2D eigenvalue weighted by molar-refractivity contribution is 0.0871. The van der Waals surface area contributed by atoms with Crippen LogP contribution in [0.15, 0.2) is 30.5 Å². The molecule has 0 aliphatic rings. The maximum atomic E-state index is 8.85. The molecule has 1 aromatic carbocycles. The number of hydrogen-bond donors (Lipinski definition) is 1. The lowest BCUT2D eigenvalue weighted by Gasteiger charge is -2.10. The fourth-order valence-electron chi connectivity index (χ4n) is 2.90. The van der Waals surface area contributed by atoms with Crippen molar-refractivity contribution in [1.82, 2.24) is 14.5 Å². The lowest BCUT2D eigenvalue weighted by Crippen LogP contribution is -2.11. The molecular formula is C18H23N3O2. The molecule has 0 aliphatic carbocycles. The SMILES string of the molecule is CCCCc1nc2cnc3ccccc3c2n1CCOCCO. The summed E-state index contributed by atoms with van der Waals surface area (Å²) >= 11 is 0. The van der Waals surface area contributed by atoms with Crippen LogP contribution in [0.4, 0.5) is 0 Å². The summed E-state index contributed by atoms with van der Waals surface area (Å²) in [5.74, 6) is 1.09. The van der Waals surface area contributed by atoms with Crippen molar-refractivity contribution in [3.8, 4) is 0 Å². The molecule has 3 rings (SSSR count). The largest absolute Gasteiger partial charge is 0.394 e. The van der Waals surface area contributed by atoms with E-state index in [1.807, 2.05) is 24.4 Å². The second-order valence-electron chi connectivity index (χ2n) is 5.63. The van der Waals surface area contributed by atoms with Crippen LogP contribution in [0.2, 0.25) is 0 Å². The zero-order chi connectivity index (χ0) is 16.1. The number of rotatable bonds is 8. The van der Waals surface area contributed by atoms with E-state index in [9.17, 15) is 0 Å². The summed E-state index contributed by atoms with van der Waals surface area (Å²) in [6.07, 6.45) is 5.08. The molecule has 1 N–H and O–H groups in total. The monoisotopic (exact) mass is 313 g/mol. The van der Waals surface area contributed by atoms with E-state index >= 15 is 0 Å². The average Bonchev–Trinajstić information content (AvgIpc) is 2.95. The predicted molar refractivity (Wildman–Crippen MR) is 91.6 cm³/mol. The van der Waals surface area contributed by atoms with Crippen molar-refractivity contribution in [2.45, 2.75) is 32.7 Å². The Kier molecular flexibility index (Phi) is 5.20. The van der Waals surface area contributed by atoms with Gasteiger partial charge >= 0.3 is 0 Å². The van der Waals surface area contributed by atoms with E-state index in [0.717, 1.165) is 53.6 Å². The smallest absolute Gasteiger partial charge is 0.110 e. The summed E-state index contributed by atoms with van der Waals surface area (Å²) in [6.45, 7) is 3.93. The van der Waals surface area contributed by atoms with Crippen molar-refractivity contribution >= 4 is 21.9 Å². The van der Waals surface area contributed by atoms with Crippen molar-refractivity contribution in [3.05, 3.63) is 36.3 Å². The van der Waals surface area contributed by atoms with E-state index in [-0.39, 0.29) is 6.61 Å². The number of para-hydroxylation sites is 1. The number of aliphatic hydroxyl groups is 1. The summed E-state index contributed by atoms with van der Waals surface area (Å²) in [7, 11) is 0. The number of aromatic nitrogens is 3. The highest BCUT2D eigenvalue weighted by Gasteiger charge is 2.13. The Bertz CT molecular complexity index is 782. The van der Waals surface area contributed by atoms with Gasteiger partial charge in [0, 0.05) is 18.4 Å². The van der Waals surface area contributed by atoms with Gasteiger partial charge in [0.25, 0.3) is 0 Å². The van der Waals surface area contributed by atoms with Crippen LogP contribution in [0.1, 0.15) is 25.6 Å². The Morgan fingerprint density at radius 1 is 1.17 bits per heavy atom. The third-order valence-corrected chi connectivity index (χ3v) is 4.01. The summed E-state index contributed by atoms with van der Waals surface area (Å²) in [6, 6.07) is 8.17. The van der Waals surface area contributed by atoms with Crippen LogP contribution in [-0.2, 0) is 17.7 Å². The number of pyridine rings is 1. The standard InChI is InChI=1S/C18H23N3O2/c1-2-3-8-17-20-16-13-19-15-7-5-4-6-14(15)18(16)21(17)9-11-23-12-10-22/h4-7,13,22H,2-3,8-12H2,1H3. The van der Waals surface area contributed by atoms with Crippen LogP contribution in [0.5, 0.6) is 0 Å². The molecule has 0 fully saturated rings. The van der Waals surface area contributed by atoms with E-state index in [1.165, 1.54) is 0 Å². The Balaban J connectivity index is 2.04. The van der Waals surface area contributed by atoms with Crippen molar-refractivity contribution in [2.75, 3.05) is 19.8 Å². The van der Waals surface area contributed by atoms with Crippen molar-refractivity contribution in [2.24, 2.45) is 0 Å². The minimum atomic E-state index is 0.0558. The number of hydrogen-bond acceptors (Lipinski definition) is 4. The van der Waals surface area contributed by atoms with E-state index < -0.39 is 0 Å². The van der Waals surface area contributed by atoms with Crippen LogP contribution in [0, 0.1) is 0 Å². The van der Waals surface area contributed by atoms with Gasteiger partial charge in [-0.1, -0.05) is 31.5 Å². The minimum absolute atomic E-state index is 0.0558. The molecule has 122 valence electrons. The molecule has 0 saturated heterocycles. The first-order chi connectivity index (χ1) is 11.3. The van der Waals surface area contributed by atoms with Gasteiger partial charge in [-0.3, -0.25) is 4.98 Å². The first kappa shape index (κ1) is 15.9. The summed E-state index contributed by atoms with van der Waals surface area (Å²) in [4.78, 5) is 9.31. The van der Waals surface area contributed by atoms with Gasteiger partial charge in [-0.05, 0) is 12.5 Å². The van der Waals surface area contributed by atoms with Crippen LogP contribution < -0.4 is 0 Å². The number of aliphatic hydroxyl groups excluding tert-OH is 1. The molecule has 5 nitrogen and oxygen atoms in total. The van der Waals surface area contributed by atoms with E-state index in [2.05, 4.69) is 22.5 Å². The fourth-order valence-corrected chi connectivity index (χ4v) is 2.90. The Morgan fingerprint density at radius 3 is 2.87 bits per heavy atom. The van der Waals surface area contributed by atoms with Gasteiger partial charge in [0.2, 0.25) is 0 Å². The zero-order valence-corrected chi connectivity index (χ0v) is 13.5. The maximum absolute atomic E-state index is 8.85. The molecule has 0 unspecified atom stereocenters. The highest BCUT2D eigenvalue weighted by molar-refractivity contribution is 6.02. The molecule has 3 aromatic rings. The number of ether oxygens (including phenoxy) is 1. The number of nitrogens with zero attached hydrogens (tertiary/aromatic N) is 3. The van der Waals surface area contributed by atoms with E-state index in [0.29, 0.717) is 13.2 Å². The molecule has 2 aromatic heterocycles. The van der Waals surface area contributed by atoms with Crippen LogP contribution >= 0.6 is 0 Å². The molecule has 0 atom stereocenters. The van der Waals surface area contributed by atoms with Crippen LogP contribution in [-0.4, -0.2) is 39.5 Å². The number of fused-ring (bicyclic) bond motifs is 3. The van der Waals surface area contributed by atoms with Gasteiger partial charge in [0.15, 0.2) is 0 Å². The first-order valence-electron chi connectivity index (χ1n) is 8.26. The van der Waals surface area contributed by atoms with E-state index in [4.69, 9.17) is 14.8 Å². The minimum Gasteiger partial charge on any atom is -0.394 e. The summed E-state index contributed by atoms with van der Waals surface area (Å²) < 4.78 is 7.72. The molecule has 23 heavy (non-hydrogen) atoms. The quantitative estimate of drug-likeness (QED) is 0.650. The topological polar surface area (TPSA) is 60.2 Å². The molecule has 2 heterocycles. The molecule has 0 bridgehead atoms. The molecule has 0 aliphatic heterocycles. The maximum Gasteiger partial charge on any atom is 0.110 e. The van der Waals surface area contributed by atoms with Gasteiger partial charge in [0.05, 0.1) is 37.1 Å². The Hall–Kier alpha value is -1.98. The molecular weight excluding hydrogens is 290 g/mol. The molecule has 0 spiro atoms. The van der Waals surface area contributed by atoms with Gasteiger partial charge < -0.3 is 14.4 Å².